The second kappa shape index (κ2) is 6.70. The van der Waals surface area contributed by atoms with Gasteiger partial charge in [0.1, 0.15) is 5.82 Å². The fourth-order valence-electron chi connectivity index (χ4n) is 2.73. The Morgan fingerprint density at radius 3 is 3.00 bits per heavy atom. The van der Waals surface area contributed by atoms with Gasteiger partial charge in [0.25, 0.3) is 10.0 Å². The highest BCUT2D eigenvalue weighted by Gasteiger charge is 2.34. The molecule has 1 aliphatic rings. The van der Waals surface area contributed by atoms with Crippen LogP contribution in [-0.2, 0) is 14.8 Å². The van der Waals surface area contributed by atoms with Crippen LogP contribution in [0, 0.1) is 12.8 Å². The van der Waals surface area contributed by atoms with E-state index in [-0.39, 0.29) is 17.5 Å². The molecule has 1 fully saturated rings. The Bertz CT molecular complexity index is 819. The van der Waals surface area contributed by atoms with Gasteiger partial charge in [-0.3, -0.25) is 4.79 Å². The number of nitrogens with one attached hydrogen (secondary N) is 2. The molecule has 9 heteroatoms. The minimum Gasteiger partial charge on any atom is -0.335 e. The van der Waals surface area contributed by atoms with Crippen molar-refractivity contribution in [1.82, 2.24) is 19.3 Å². The molecule has 3 heterocycles. The van der Waals surface area contributed by atoms with Gasteiger partial charge in [-0.1, -0.05) is 0 Å². The first kappa shape index (κ1) is 16.6. The number of H-pyrrole nitrogens is 1. The van der Waals surface area contributed by atoms with Crippen LogP contribution in [0.4, 0.5) is 5.82 Å². The summed E-state index contributed by atoms with van der Waals surface area (Å²) in [6, 6.07) is 3.62. The molecule has 2 N–H and O–H groups in total. The van der Waals surface area contributed by atoms with E-state index in [1.165, 1.54) is 16.8 Å². The normalized spacial score (nSPS) is 19.1. The molecule has 1 saturated heterocycles. The number of aromatic amines is 1. The number of anilines is 1. The monoisotopic (exact) mass is 349 g/mol. The average molecular weight is 349 g/mol. The number of carbonyl (C=O) groups excluding carboxylic acids is 1. The molecule has 0 saturated carbocycles. The van der Waals surface area contributed by atoms with Crippen molar-refractivity contribution < 1.29 is 13.2 Å². The molecule has 2 aromatic rings. The number of nitrogens with zero attached hydrogens (tertiary/aromatic N) is 3. The van der Waals surface area contributed by atoms with E-state index >= 15 is 0 Å². The molecule has 3 rings (SSSR count). The Balaban J connectivity index is 1.70. The SMILES string of the molecule is Cc1ccnc(NC(=O)[C@@H]2CCCN(S(=O)(=O)c3cnc[nH]3)C2)c1. The topological polar surface area (TPSA) is 108 Å². The largest absolute Gasteiger partial charge is 0.335 e. The van der Waals surface area contributed by atoms with E-state index < -0.39 is 15.9 Å². The molecule has 1 atom stereocenters. The Morgan fingerprint density at radius 1 is 1.46 bits per heavy atom. The number of rotatable bonds is 4. The Hall–Kier alpha value is -2.26. The highest BCUT2D eigenvalue weighted by atomic mass is 32.2. The number of amides is 1. The van der Waals surface area contributed by atoms with E-state index in [9.17, 15) is 13.2 Å². The van der Waals surface area contributed by atoms with Gasteiger partial charge in [0.15, 0.2) is 5.03 Å². The number of hydrogen-bond donors (Lipinski definition) is 2. The predicted molar refractivity (Wildman–Crippen MR) is 87.7 cm³/mol. The summed E-state index contributed by atoms with van der Waals surface area (Å²) in [5, 5.41) is 2.81. The van der Waals surface area contributed by atoms with E-state index in [4.69, 9.17) is 0 Å². The van der Waals surface area contributed by atoms with Crippen molar-refractivity contribution in [3.63, 3.8) is 0 Å². The van der Waals surface area contributed by atoms with E-state index in [2.05, 4.69) is 20.3 Å². The highest BCUT2D eigenvalue weighted by Crippen LogP contribution is 2.23. The zero-order valence-electron chi connectivity index (χ0n) is 13.3. The molecule has 0 aromatic carbocycles. The number of hydrogen-bond acceptors (Lipinski definition) is 5. The van der Waals surface area contributed by atoms with Crippen LogP contribution in [-0.4, -0.2) is 46.7 Å². The number of carbonyl (C=O) groups is 1. The quantitative estimate of drug-likeness (QED) is 0.861. The van der Waals surface area contributed by atoms with Gasteiger partial charge in [-0.15, -0.1) is 0 Å². The van der Waals surface area contributed by atoms with Crippen LogP contribution >= 0.6 is 0 Å². The standard InChI is InChI=1S/C15H19N5O3S/c1-11-4-5-17-13(7-11)19-15(21)12-3-2-6-20(9-12)24(22,23)14-8-16-10-18-14/h4-5,7-8,10,12H,2-3,6,9H2,1H3,(H,16,18)(H,17,19,21)/t12-/m1/s1. The van der Waals surface area contributed by atoms with Crippen molar-refractivity contribution in [2.45, 2.75) is 24.8 Å². The third-order valence-corrected chi connectivity index (χ3v) is 5.80. The van der Waals surface area contributed by atoms with Gasteiger partial charge in [-0.2, -0.15) is 4.31 Å². The zero-order valence-corrected chi connectivity index (χ0v) is 14.1. The summed E-state index contributed by atoms with van der Waals surface area (Å²) < 4.78 is 26.4. The van der Waals surface area contributed by atoms with E-state index in [1.807, 2.05) is 13.0 Å². The fraction of sp³-hybridized carbons (Fsp3) is 0.400. The van der Waals surface area contributed by atoms with Crippen molar-refractivity contribution in [2.75, 3.05) is 18.4 Å². The predicted octanol–water partition coefficient (Wildman–Crippen LogP) is 1.15. The molecule has 2 aromatic heterocycles. The number of piperidine rings is 1. The molecular formula is C15H19N5O3S. The van der Waals surface area contributed by atoms with Crippen LogP contribution in [0.25, 0.3) is 0 Å². The minimum atomic E-state index is -3.65. The Kier molecular flexibility index (Phi) is 4.63. The summed E-state index contributed by atoms with van der Waals surface area (Å²) >= 11 is 0. The summed E-state index contributed by atoms with van der Waals surface area (Å²) in [5.41, 5.74) is 0.993. The van der Waals surface area contributed by atoms with Crippen LogP contribution in [0.2, 0.25) is 0 Å². The lowest BCUT2D eigenvalue weighted by Gasteiger charge is -2.30. The number of pyridine rings is 1. The molecule has 1 aliphatic heterocycles. The fourth-order valence-corrected chi connectivity index (χ4v) is 4.15. The number of aromatic nitrogens is 3. The minimum absolute atomic E-state index is 0.0453. The zero-order chi connectivity index (χ0) is 17.2. The second-order valence-electron chi connectivity index (χ2n) is 5.83. The van der Waals surface area contributed by atoms with Gasteiger partial charge in [0, 0.05) is 19.3 Å². The maximum absolute atomic E-state index is 12.5. The molecule has 0 unspecified atom stereocenters. The van der Waals surface area contributed by atoms with Crippen LogP contribution in [0.3, 0.4) is 0 Å². The Labute approximate surface area is 140 Å². The summed E-state index contributed by atoms with van der Waals surface area (Å²) in [7, 11) is -3.65. The third-order valence-electron chi connectivity index (χ3n) is 4.01. The van der Waals surface area contributed by atoms with E-state index in [0.29, 0.717) is 25.2 Å². The van der Waals surface area contributed by atoms with Crippen molar-refractivity contribution in [2.24, 2.45) is 5.92 Å². The summed E-state index contributed by atoms with van der Waals surface area (Å²) in [4.78, 5) is 22.9. The highest BCUT2D eigenvalue weighted by molar-refractivity contribution is 7.89. The first-order chi connectivity index (χ1) is 11.5. The number of imidazole rings is 1. The maximum Gasteiger partial charge on any atom is 0.260 e. The van der Waals surface area contributed by atoms with Gasteiger partial charge >= 0.3 is 0 Å². The van der Waals surface area contributed by atoms with E-state index in [0.717, 1.165) is 5.56 Å². The number of aryl methyl sites for hydroxylation is 1. The smallest absolute Gasteiger partial charge is 0.260 e. The van der Waals surface area contributed by atoms with Crippen molar-refractivity contribution in [1.29, 1.82) is 0 Å². The van der Waals surface area contributed by atoms with Gasteiger partial charge in [0.2, 0.25) is 5.91 Å². The molecule has 24 heavy (non-hydrogen) atoms. The average Bonchev–Trinajstić information content (AvgIpc) is 3.10. The molecule has 0 aliphatic carbocycles. The third kappa shape index (κ3) is 3.46. The summed E-state index contributed by atoms with van der Waals surface area (Å²) in [5.74, 6) is -0.134. The molecular weight excluding hydrogens is 330 g/mol. The van der Waals surface area contributed by atoms with Gasteiger partial charge in [-0.25, -0.2) is 18.4 Å². The van der Waals surface area contributed by atoms with Crippen molar-refractivity contribution >= 4 is 21.7 Å². The van der Waals surface area contributed by atoms with Crippen molar-refractivity contribution in [3.8, 4) is 0 Å². The van der Waals surface area contributed by atoms with Gasteiger partial charge in [-0.05, 0) is 37.5 Å². The molecule has 0 spiro atoms. The summed E-state index contributed by atoms with van der Waals surface area (Å²) in [6.45, 7) is 2.46. The van der Waals surface area contributed by atoms with Gasteiger partial charge < -0.3 is 10.3 Å². The number of sulfonamides is 1. The Morgan fingerprint density at radius 2 is 2.29 bits per heavy atom. The lowest BCUT2D eigenvalue weighted by atomic mass is 9.99. The van der Waals surface area contributed by atoms with Crippen LogP contribution in [0.5, 0.6) is 0 Å². The first-order valence-corrected chi connectivity index (χ1v) is 9.13. The first-order valence-electron chi connectivity index (χ1n) is 7.69. The molecule has 128 valence electrons. The van der Waals surface area contributed by atoms with Crippen LogP contribution in [0.1, 0.15) is 18.4 Å². The maximum atomic E-state index is 12.5. The van der Waals surface area contributed by atoms with Crippen molar-refractivity contribution in [3.05, 3.63) is 36.4 Å². The van der Waals surface area contributed by atoms with E-state index in [1.54, 1.807) is 12.3 Å². The molecule has 0 radical (unpaired) electrons. The molecule has 0 bridgehead atoms. The van der Waals surface area contributed by atoms with Crippen LogP contribution in [0.15, 0.2) is 35.9 Å². The van der Waals surface area contributed by atoms with Crippen LogP contribution < -0.4 is 5.32 Å². The summed E-state index contributed by atoms with van der Waals surface area (Å²) in [6.07, 6.45) is 5.50. The van der Waals surface area contributed by atoms with Gasteiger partial charge in [0.05, 0.1) is 18.4 Å². The second-order valence-corrected chi connectivity index (χ2v) is 7.73. The molecule has 8 nitrogen and oxygen atoms in total. The lowest BCUT2D eigenvalue weighted by molar-refractivity contribution is -0.120. The molecule has 1 amide bonds. The lowest BCUT2D eigenvalue weighted by Crippen LogP contribution is -2.43.